The average Bonchev–Trinajstić information content (AvgIpc) is 2.56. The maximum absolute atomic E-state index is 12.7. The van der Waals surface area contributed by atoms with E-state index < -0.39 is 0 Å². The van der Waals surface area contributed by atoms with Crippen molar-refractivity contribution in [3.63, 3.8) is 0 Å². The molecular weight excluding hydrogens is 349 g/mol. The first-order valence-corrected chi connectivity index (χ1v) is 8.73. The molecule has 1 aliphatic rings. The fourth-order valence-electron chi connectivity index (χ4n) is 2.76. The van der Waals surface area contributed by atoms with Gasteiger partial charge in [-0.25, -0.2) is 0 Å². The molecule has 0 N–H and O–H groups in total. The summed E-state index contributed by atoms with van der Waals surface area (Å²) >= 11 is 12.0. The summed E-state index contributed by atoms with van der Waals surface area (Å²) in [6, 6.07) is 5.25. The molecule has 0 aromatic heterocycles. The van der Waals surface area contributed by atoms with E-state index in [9.17, 15) is 9.59 Å². The van der Waals surface area contributed by atoms with Crippen LogP contribution in [0.3, 0.4) is 0 Å². The van der Waals surface area contributed by atoms with Gasteiger partial charge in [-0.2, -0.15) is 0 Å². The van der Waals surface area contributed by atoms with Crippen molar-refractivity contribution < 1.29 is 9.59 Å². The third kappa shape index (κ3) is 4.62. The van der Waals surface area contributed by atoms with E-state index in [0.717, 1.165) is 5.56 Å². The predicted octanol–water partition coefficient (Wildman–Crippen LogP) is 2.50. The molecule has 0 bridgehead atoms. The van der Waals surface area contributed by atoms with Crippen LogP contribution in [0.4, 0.5) is 0 Å². The highest BCUT2D eigenvalue weighted by molar-refractivity contribution is 6.42. The normalized spacial score (nSPS) is 16.4. The SMILES string of the molecule is CC(=O)N1CCN(C(=O)C(C)N(C)Cc2ccc(Cl)c(Cl)c2)CC1. The second-order valence-electron chi connectivity index (χ2n) is 6.17. The standard InChI is InChI=1S/C17H23Cl2N3O2/c1-12(17(24)22-8-6-21(7-9-22)13(2)23)20(3)11-14-4-5-15(18)16(19)10-14/h4-5,10,12H,6-9,11H2,1-3H3. The van der Waals surface area contributed by atoms with Gasteiger partial charge in [-0.1, -0.05) is 29.3 Å². The minimum atomic E-state index is -0.247. The van der Waals surface area contributed by atoms with E-state index >= 15 is 0 Å². The molecule has 5 nitrogen and oxygen atoms in total. The number of piperazine rings is 1. The molecule has 0 saturated carbocycles. The van der Waals surface area contributed by atoms with Crippen molar-refractivity contribution in [1.82, 2.24) is 14.7 Å². The number of carbonyl (C=O) groups is 2. The number of hydrogen-bond acceptors (Lipinski definition) is 3. The number of carbonyl (C=O) groups excluding carboxylic acids is 2. The second kappa shape index (κ2) is 8.19. The van der Waals surface area contributed by atoms with Crippen molar-refractivity contribution in [2.45, 2.75) is 26.4 Å². The highest BCUT2D eigenvalue weighted by Gasteiger charge is 2.27. The molecule has 2 amide bonds. The zero-order valence-electron chi connectivity index (χ0n) is 14.3. The molecule has 1 fully saturated rings. The van der Waals surface area contributed by atoms with E-state index in [0.29, 0.717) is 42.8 Å². The first-order valence-electron chi connectivity index (χ1n) is 7.98. The van der Waals surface area contributed by atoms with Gasteiger partial charge in [0.15, 0.2) is 0 Å². The van der Waals surface area contributed by atoms with Crippen LogP contribution in [-0.2, 0) is 16.1 Å². The molecular formula is C17H23Cl2N3O2. The largest absolute Gasteiger partial charge is 0.339 e. The minimum absolute atomic E-state index is 0.0619. The predicted molar refractivity (Wildman–Crippen MR) is 96.2 cm³/mol. The Kier molecular flexibility index (Phi) is 6.49. The van der Waals surface area contributed by atoms with E-state index in [4.69, 9.17) is 23.2 Å². The molecule has 0 spiro atoms. The molecule has 1 atom stereocenters. The molecule has 0 radical (unpaired) electrons. The third-order valence-electron chi connectivity index (χ3n) is 4.47. The first-order chi connectivity index (χ1) is 11.3. The summed E-state index contributed by atoms with van der Waals surface area (Å²) in [5, 5.41) is 1.04. The zero-order chi connectivity index (χ0) is 17.9. The number of likely N-dealkylation sites (N-methyl/N-ethyl adjacent to an activating group) is 1. The fraction of sp³-hybridized carbons (Fsp3) is 0.529. The lowest BCUT2D eigenvalue weighted by atomic mass is 10.1. The van der Waals surface area contributed by atoms with Crippen LogP contribution in [0.2, 0.25) is 10.0 Å². The highest BCUT2D eigenvalue weighted by atomic mass is 35.5. The molecule has 1 aliphatic heterocycles. The summed E-state index contributed by atoms with van der Waals surface area (Å²) in [6.45, 7) is 6.45. The van der Waals surface area contributed by atoms with Gasteiger partial charge in [-0.3, -0.25) is 14.5 Å². The van der Waals surface area contributed by atoms with Crippen LogP contribution in [0.5, 0.6) is 0 Å². The van der Waals surface area contributed by atoms with E-state index in [-0.39, 0.29) is 17.9 Å². The average molecular weight is 372 g/mol. The number of benzene rings is 1. The maximum atomic E-state index is 12.7. The molecule has 1 aromatic carbocycles. The van der Waals surface area contributed by atoms with E-state index in [1.165, 1.54) is 0 Å². The zero-order valence-corrected chi connectivity index (χ0v) is 15.8. The molecule has 2 rings (SSSR count). The van der Waals surface area contributed by atoms with Gasteiger partial charge in [0, 0.05) is 39.6 Å². The van der Waals surface area contributed by atoms with E-state index in [1.54, 1.807) is 17.9 Å². The van der Waals surface area contributed by atoms with Crippen LogP contribution in [-0.4, -0.2) is 65.8 Å². The Labute approximate surface area is 153 Å². The minimum Gasteiger partial charge on any atom is -0.339 e. The lowest BCUT2D eigenvalue weighted by Crippen LogP contribution is -2.54. The Morgan fingerprint density at radius 2 is 1.71 bits per heavy atom. The maximum Gasteiger partial charge on any atom is 0.239 e. The van der Waals surface area contributed by atoms with Gasteiger partial charge >= 0.3 is 0 Å². The molecule has 0 aliphatic carbocycles. The lowest BCUT2D eigenvalue weighted by molar-refractivity contribution is -0.141. The molecule has 7 heteroatoms. The lowest BCUT2D eigenvalue weighted by Gasteiger charge is -2.37. The molecule has 1 aromatic rings. The van der Waals surface area contributed by atoms with Gasteiger partial charge in [-0.05, 0) is 31.7 Å². The first kappa shape index (κ1) is 19.0. The van der Waals surface area contributed by atoms with Crippen LogP contribution in [0.25, 0.3) is 0 Å². The van der Waals surface area contributed by atoms with Crippen molar-refractivity contribution in [3.05, 3.63) is 33.8 Å². The summed E-state index contributed by atoms with van der Waals surface area (Å²) in [5.74, 6) is 0.146. The molecule has 1 saturated heterocycles. The van der Waals surface area contributed by atoms with Crippen LogP contribution < -0.4 is 0 Å². The van der Waals surface area contributed by atoms with Gasteiger partial charge < -0.3 is 9.80 Å². The third-order valence-corrected chi connectivity index (χ3v) is 5.21. The Hall–Kier alpha value is -1.30. The molecule has 24 heavy (non-hydrogen) atoms. The van der Waals surface area contributed by atoms with Crippen LogP contribution in [0.15, 0.2) is 18.2 Å². The Balaban J connectivity index is 1.92. The summed E-state index contributed by atoms with van der Waals surface area (Å²) in [5.41, 5.74) is 1.01. The summed E-state index contributed by atoms with van der Waals surface area (Å²) in [7, 11) is 1.91. The smallest absolute Gasteiger partial charge is 0.239 e. The molecule has 1 unspecified atom stereocenters. The second-order valence-corrected chi connectivity index (χ2v) is 6.99. The van der Waals surface area contributed by atoms with Crippen molar-refractivity contribution in [2.75, 3.05) is 33.2 Å². The summed E-state index contributed by atoms with van der Waals surface area (Å²) in [4.78, 5) is 29.6. The van der Waals surface area contributed by atoms with Crippen LogP contribution >= 0.6 is 23.2 Å². The quantitative estimate of drug-likeness (QED) is 0.816. The van der Waals surface area contributed by atoms with E-state index in [1.807, 2.05) is 35.9 Å². The van der Waals surface area contributed by atoms with Crippen LogP contribution in [0.1, 0.15) is 19.4 Å². The number of hydrogen-bond donors (Lipinski definition) is 0. The van der Waals surface area contributed by atoms with Gasteiger partial charge in [0.1, 0.15) is 0 Å². The monoisotopic (exact) mass is 371 g/mol. The van der Waals surface area contributed by atoms with Crippen molar-refractivity contribution in [1.29, 1.82) is 0 Å². The van der Waals surface area contributed by atoms with Gasteiger partial charge in [0.2, 0.25) is 11.8 Å². The van der Waals surface area contributed by atoms with Gasteiger partial charge in [-0.15, -0.1) is 0 Å². The fourth-order valence-corrected chi connectivity index (χ4v) is 3.08. The highest BCUT2D eigenvalue weighted by Crippen LogP contribution is 2.23. The van der Waals surface area contributed by atoms with Gasteiger partial charge in [0.25, 0.3) is 0 Å². The van der Waals surface area contributed by atoms with Crippen molar-refractivity contribution in [2.24, 2.45) is 0 Å². The Bertz CT molecular complexity index is 616. The van der Waals surface area contributed by atoms with Gasteiger partial charge in [0.05, 0.1) is 16.1 Å². The molecule has 1 heterocycles. The number of amides is 2. The number of rotatable bonds is 4. The summed E-state index contributed by atoms with van der Waals surface area (Å²) < 4.78 is 0. The number of halogens is 2. The summed E-state index contributed by atoms with van der Waals surface area (Å²) in [6.07, 6.45) is 0. The Morgan fingerprint density at radius 1 is 1.12 bits per heavy atom. The van der Waals surface area contributed by atoms with E-state index in [2.05, 4.69) is 0 Å². The number of nitrogens with zero attached hydrogens (tertiary/aromatic N) is 3. The molecule has 132 valence electrons. The van der Waals surface area contributed by atoms with Crippen molar-refractivity contribution >= 4 is 35.0 Å². The van der Waals surface area contributed by atoms with Crippen molar-refractivity contribution in [3.8, 4) is 0 Å². The Morgan fingerprint density at radius 3 is 2.25 bits per heavy atom. The topological polar surface area (TPSA) is 43.9 Å². The van der Waals surface area contributed by atoms with Crippen LogP contribution in [0, 0.1) is 0 Å².